The van der Waals surface area contributed by atoms with Crippen molar-refractivity contribution in [3.8, 4) is 0 Å². The number of carbonyl (C=O) groups is 1. The van der Waals surface area contributed by atoms with E-state index in [1.165, 1.54) is 30.3 Å². The monoisotopic (exact) mass is 263 g/mol. The molecule has 19 heavy (non-hydrogen) atoms. The highest BCUT2D eigenvalue weighted by Crippen LogP contribution is 2.17. The molecule has 0 aromatic heterocycles. The van der Waals surface area contributed by atoms with Gasteiger partial charge in [0.25, 0.3) is 0 Å². The van der Waals surface area contributed by atoms with Crippen molar-refractivity contribution in [2.45, 2.75) is 0 Å². The van der Waals surface area contributed by atoms with Crippen molar-refractivity contribution >= 4 is 23.1 Å². The van der Waals surface area contributed by atoms with Gasteiger partial charge in [-0.25, -0.2) is 13.6 Å². The van der Waals surface area contributed by atoms with Crippen molar-refractivity contribution < 1.29 is 13.6 Å². The van der Waals surface area contributed by atoms with Gasteiger partial charge in [0.15, 0.2) is 0 Å². The van der Waals surface area contributed by atoms with Gasteiger partial charge in [-0.1, -0.05) is 12.1 Å². The molecule has 0 radical (unpaired) electrons. The van der Waals surface area contributed by atoms with Gasteiger partial charge in [-0.3, -0.25) is 0 Å². The van der Waals surface area contributed by atoms with E-state index in [4.69, 9.17) is 5.73 Å². The normalized spacial score (nSPS) is 10.0. The lowest BCUT2D eigenvalue weighted by atomic mass is 10.2. The maximum atomic E-state index is 13.3. The zero-order valence-electron chi connectivity index (χ0n) is 9.78. The minimum absolute atomic E-state index is 0.0138. The highest BCUT2D eigenvalue weighted by atomic mass is 19.1. The van der Waals surface area contributed by atoms with Gasteiger partial charge in [-0.05, 0) is 30.3 Å². The van der Waals surface area contributed by atoms with Gasteiger partial charge < -0.3 is 16.4 Å². The van der Waals surface area contributed by atoms with Crippen molar-refractivity contribution in [1.29, 1.82) is 0 Å². The quantitative estimate of drug-likeness (QED) is 0.728. The third kappa shape index (κ3) is 3.19. The molecule has 2 aromatic carbocycles. The number of nitrogens with two attached hydrogens (primary N) is 1. The lowest BCUT2D eigenvalue weighted by Crippen LogP contribution is -2.20. The van der Waals surface area contributed by atoms with Gasteiger partial charge in [0.05, 0.1) is 11.4 Å². The van der Waals surface area contributed by atoms with E-state index < -0.39 is 17.7 Å². The summed E-state index contributed by atoms with van der Waals surface area (Å²) in [5, 5.41) is 4.69. The summed E-state index contributed by atoms with van der Waals surface area (Å²) in [5.74, 6) is -1.19. The summed E-state index contributed by atoms with van der Waals surface area (Å²) >= 11 is 0. The fourth-order valence-electron chi connectivity index (χ4n) is 1.45. The number of nitrogen functional groups attached to an aromatic ring is 1. The van der Waals surface area contributed by atoms with Crippen molar-refractivity contribution in [3.63, 3.8) is 0 Å². The zero-order valence-corrected chi connectivity index (χ0v) is 9.78. The standard InChI is InChI=1S/C13H11F2N3O/c14-9-3-1-2-4-12(9)18-13(19)17-8-5-6-11(16)10(15)7-8/h1-7H,16H2,(H2,17,18,19). The molecular weight excluding hydrogens is 252 g/mol. The van der Waals surface area contributed by atoms with Crippen molar-refractivity contribution in [1.82, 2.24) is 0 Å². The number of benzene rings is 2. The number of halogens is 2. The summed E-state index contributed by atoms with van der Waals surface area (Å²) in [4.78, 5) is 11.6. The van der Waals surface area contributed by atoms with Crippen molar-refractivity contribution in [2.24, 2.45) is 0 Å². The average Bonchev–Trinajstić information content (AvgIpc) is 2.37. The van der Waals surface area contributed by atoms with Crippen LogP contribution in [0.15, 0.2) is 42.5 Å². The van der Waals surface area contributed by atoms with Crippen molar-refractivity contribution in [3.05, 3.63) is 54.1 Å². The Bertz CT molecular complexity index is 617. The molecule has 0 aliphatic carbocycles. The van der Waals surface area contributed by atoms with E-state index in [9.17, 15) is 13.6 Å². The Morgan fingerprint density at radius 1 is 1.00 bits per heavy atom. The Morgan fingerprint density at radius 2 is 1.74 bits per heavy atom. The largest absolute Gasteiger partial charge is 0.396 e. The third-order valence-corrected chi connectivity index (χ3v) is 2.38. The van der Waals surface area contributed by atoms with Gasteiger partial charge >= 0.3 is 6.03 Å². The predicted octanol–water partition coefficient (Wildman–Crippen LogP) is 3.19. The third-order valence-electron chi connectivity index (χ3n) is 2.38. The molecule has 4 nitrogen and oxygen atoms in total. The molecule has 2 rings (SSSR count). The number of carbonyl (C=O) groups excluding carboxylic acids is 1. The molecule has 2 amide bonds. The number of hydrogen-bond acceptors (Lipinski definition) is 2. The zero-order chi connectivity index (χ0) is 13.8. The summed E-state index contributed by atoms with van der Waals surface area (Å²) in [6.07, 6.45) is 0. The lowest BCUT2D eigenvalue weighted by molar-refractivity contribution is 0.262. The molecule has 0 saturated carbocycles. The summed E-state index contributed by atoms with van der Waals surface area (Å²) in [5.41, 5.74) is 5.56. The van der Waals surface area contributed by atoms with Crippen LogP contribution in [0.3, 0.4) is 0 Å². The smallest absolute Gasteiger partial charge is 0.323 e. The van der Waals surface area contributed by atoms with Gasteiger partial charge in [-0.2, -0.15) is 0 Å². The molecule has 0 aliphatic heterocycles. The number of para-hydroxylation sites is 1. The van der Waals surface area contributed by atoms with E-state index in [0.29, 0.717) is 0 Å². The summed E-state index contributed by atoms with van der Waals surface area (Å²) in [6, 6.07) is 8.91. The van der Waals surface area contributed by atoms with E-state index in [0.717, 1.165) is 6.07 Å². The molecule has 0 fully saturated rings. The summed E-state index contributed by atoms with van der Waals surface area (Å²) in [7, 11) is 0. The number of rotatable bonds is 2. The Morgan fingerprint density at radius 3 is 2.42 bits per heavy atom. The first-order valence-electron chi connectivity index (χ1n) is 5.44. The van der Waals surface area contributed by atoms with Crippen LogP contribution in [-0.4, -0.2) is 6.03 Å². The first-order chi connectivity index (χ1) is 9.06. The number of urea groups is 1. The van der Waals surface area contributed by atoms with E-state index >= 15 is 0 Å². The molecule has 0 atom stereocenters. The molecule has 0 saturated heterocycles. The second kappa shape index (κ2) is 5.34. The molecule has 0 spiro atoms. The molecule has 2 aromatic rings. The van der Waals surface area contributed by atoms with Crippen LogP contribution in [-0.2, 0) is 0 Å². The first kappa shape index (κ1) is 12.8. The number of hydrogen-bond donors (Lipinski definition) is 3. The predicted molar refractivity (Wildman–Crippen MR) is 69.9 cm³/mol. The van der Waals surface area contributed by atoms with Gasteiger partial charge in [0.1, 0.15) is 11.6 Å². The van der Waals surface area contributed by atoms with Gasteiger partial charge in [0, 0.05) is 5.69 Å². The Kier molecular flexibility index (Phi) is 3.61. The Hall–Kier alpha value is -2.63. The van der Waals surface area contributed by atoms with E-state index in [-0.39, 0.29) is 17.1 Å². The maximum Gasteiger partial charge on any atom is 0.323 e. The van der Waals surface area contributed by atoms with Crippen LogP contribution in [0.4, 0.5) is 30.6 Å². The number of nitrogens with one attached hydrogen (secondary N) is 2. The average molecular weight is 263 g/mol. The van der Waals surface area contributed by atoms with Crippen LogP contribution in [0.1, 0.15) is 0 Å². The van der Waals surface area contributed by atoms with Crippen LogP contribution < -0.4 is 16.4 Å². The Balaban J connectivity index is 2.05. The molecule has 4 N–H and O–H groups in total. The van der Waals surface area contributed by atoms with Crippen LogP contribution in [0.2, 0.25) is 0 Å². The molecule has 0 heterocycles. The molecular formula is C13H11F2N3O. The van der Waals surface area contributed by atoms with Crippen LogP contribution in [0.25, 0.3) is 0 Å². The van der Waals surface area contributed by atoms with E-state index in [1.807, 2.05) is 0 Å². The van der Waals surface area contributed by atoms with Crippen LogP contribution in [0.5, 0.6) is 0 Å². The van der Waals surface area contributed by atoms with Crippen LogP contribution >= 0.6 is 0 Å². The highest BCUT2D eigenvalue weighted by Gasteiger charge is 2.07. The molecule has 98 valence electrons. The second-order valence-corrected chi connectivity index (χ2v) is 3.80. The molecule has 6 heteroatoms. The minimum Gasteiger partial charge on any atom is -0.396 e. The maximum absolute atomic E-state index is 13.3. The fraction of sp³-hybridized carbons (Fsp3) is 0. The van der Waals surface area contributed by atoms with E-state index in [1.54, 1.807) is 6.07 Å². The topological polar surface area (TPSA) is 67.1 Å². The number of amides is 2. The Labute approximate surface area is 108 Å². The lowest BCUT2D eigenvalue weighted by Gasteiger charge is -2.08. The molecule has 0 bridgehead atoms. The fourth-order valence-corrected chi connectivity index (χ4v) is 1.45. The molecule has 0 aliphatic rings. The summed E-state index contributed by atoms with van der Waals surface area (Å²) in [6.45, 7) is 0. The van der Waals surface area contributed by atoms with E-state index in [2.05, 4.69) is 10.6 Å². The molecule has 0 unspecified atom stereocenters. The van der Waals surface area contributed by atoms with Gasteiger partial charge in [0.2, 0.25) is 0 Å². The minimum atomic E-state index is -0.672. The second-order valence-electron chi connectivity index (χ2n) is 3.80. The SMILES string of the molecule is Nc1ccc(NC(=O)Nc2ccccc2F)cc1F. The first-order valence-corrected chi connectivity index (χ1v) is 5.44. The summed E-state index contributed by atoms with van der Waals surface area (Å²) < 4.78 is 26.5. The van der Waals surface area contributed by atoms with Gasteiger partial charge in [-0.15, -0.1) is 0 Å². The van der Waals surface area contributed by atoms with Crippen LogP contribution in [0, 0.1) is 11.6 Å². The number of anilines is 3. The van der Waals surface area contributed by atoms with Crippen molar-refractivity contribution in [2.75, 3.05) is 16.4 Å². The highest BCUT2D eigenvalue weighted by molar-refractivity contribution is 5.99.